The lowest BCUT2D eigenvalue weighted by Gasteiger charge is -2.27. The number of hydrazine groups is 1. The molecule has 3 heterocycles. The highest BCUT2D eigenvalue weighted by Crippen LogP contribution is 2.68. The standard InChI is InChI=1S/C44H45N3O8S4/c1-5-9-18-27(8-4)26-53-42(52)30(25-45)43-56-34-32(54-40(50)28-19-14-12-15-20-28)36-37(33(35(34)57-43)55-41(51)29-21-16-13-17-22-29)59-44(58-36)31-38(48)46(23-10-6-2)47(39(31)49)24-11-7-3/h12-17,19-22,27H,5-11,18,23-24,26H2,1-4H3. The fraction of sp³-hybridized carbons (Fsp3) is 0.364. The predicted molar refractivity (Wildman–Crippen MR) is 230 cm³/mol. The minimum absolute atomic E-state index is 0.0102. The predicted octanol–water partition coefficient (Wildman–Crippen LogP) is 10.4. The number of hydrogen-bond acceptors (Lipinski definition) is 13. The Balaban J connectivity index is 1.49. The minimum Gasteiger partial charge on any atom is -0.461 e. The fourth-order valence-electron chi connectivity index (χ4n) is 6.39. The van der Waals surface area contributed by atoms with Crippen molar-refractivity contribution in [3.8, 4) is 17.6 Å². The summed E-state index contributed by atoms with van der Waals surface area (Å²) >= 11 is 4.24. The molecule has 308 valence electrons. The summed E-state index contributed by atoms with van der Waals surface area (Å²) in [6, 6.07) is 18.8. The van der Waals surface area contributed by atoms with Crippen LogP contribution in [0.5, 0.6) is 11.5 Å². The molecule has 1 unspecified atom stereocenters. The number of fused-ring (bicyclic) bond motifs is 2. The van der Waals surface area contributed by atoms with E-state index in [1.54, 1.807) is 60.7 Å². The number of amides is 2. The number of hydrogen-bond donors (Lipinski definition) is 0. The number of nitriles is 1. The van der Waals surface area contributed by atoms with Crippen molar-refractivity contribution in [3.05, 3.63) is 91.4 Å². The number of benzene rings is 3. The van der Waals surface area contributed by atoms with Crippen molar-refractivity contribution in [1.29, 1.82) is 5.26 Å². The van der Waals surface area contributed by atoms with Gasteiger partial charge in [0.05, 0.1) is 45.8 Å². The van der Waals surface area contributed by atoms with Gasteiger partial charge < -0.3 is 14.2 Å². The van der Waals surface area contributed by atoms with Crippen molar-refractivity contribution in [2.45, 2.75) is 98.6 Å². The van der Waals surface area contributed by atoms with E-state index in [9.17, 15) is 29.2 Å². The van der Waals surface area contributed by atoms with Gasteiger partial charge in [-0.1, -0.05) is 143 Å². The van der Waals surface area contributed by atoms with E-state index in [1.165, 1.54) is 10.0 Å². The molecule has 0 N–H and O–H groups in total. The maximum Gasteiger partial charge on any atom is 0.350 e. The summed E-state index contributed by atoms with van der Waals surface area (Å²) < 4.78 is 18.7. The average molecular weight is 872 g/mol. The van der Waals surface area contributed by atoms with Gasteiger partial charge in [-0.3, -0.25) is 9.59 Å². The molecule has 3 aromatic rings. The summed E-state index contributed by atoms with van der Waals surface area (Å²) in [5.74, 6) is -2.67. The SMILES string of the molecule is CCCCC(CC)COC(=O)C(C#N)=C1Sc2c(OC(=O)c3ccccc3)c3c(c(OC(=O)c4ccccc4)c2S1)SC(=C1C(=O)N(CCCC)N(CCCC)C1=O)S3. The van der Waals surface area contributed by atoms with Crippen molar-refractivity contribution in [1.82, 2.24) is 10.0 Å². The Morgan fingerprint density at radius 2 is 1.14 bits per heavy atom. The number of ether oxygens (including phenoxy) is 3. The molecule has 2 amide bonds. The number of carbonyl (C=O) groups is 5. The minimum atomic E-state index is -0.780. The molecule has 0 spiro atoms. The molecule has 0 bridgehead atoms. The zero-order valence-corrected chi connectivity index (χ0v) is 36.6. The van der Waals surface area contributed by atoms with E-state index in [4.69, 9.17) is 14.2 Å². The Kier molecular flexibility index (Phi) is 15.3. The van der Waals surface area contributed by atoms with Crippen LogP contribution in [0.3, 0.4) is 0 Å². The molecule has 11 nitrogen and oxygen atoms in total. The van der Waals surface area contributed by atoms with E-state index in [0.29, 0.717) is 49.8 Å². The second-order valence-corrected chi connectivity index (χ2v) is 18.5. The third kappa shape index (κ3) is 9.72. The van der Waals surface area contributed by atoms with Crippen LogP contribution in [0.2, 0.25) is 0 Å². The van der Waals surface area contributed by atoms with Crippen LogP contribution in [-0.2, 0) is 19.1 Å². The summed E-state index contributed by atoms with van der Waals surface area (Å²) in [4.78, 5) is 70.8. The number of nitrogens with zero attached hydrogens (tertiary/aromatic N) is 3. The maximum absolute atomic E-state index is 14.1. The summed E-state index contributed by atoms with van der Waals surface area (Å²) in [7, 11) is 0. The summed E-state index contributed by atoms with van der Waals surface area (Å²) in [6.07, 6.45) is 6.78. The fourth-order valence-corrected chi connectivity index (χ4v) is 11.8. The van der Waals surface area contributed by atoms with E-state index in [2.05, 4.69) is 6.92 Å². The number of rotatable bonds is 17. The first-order valence-corrected chi connectivity index (χ1v) is 23.1. The van der Waals surface area contributed by atoms with Gasteiger partial charge in [0.2, 0.25) is 0 Å². The van der Waals surface area contributed by atoms with Crippen LogP contribution >= 0.6 is 47.0 Å². The third-order valence-corrected chi connectivity index (χ3v) is 15.0. The van der Waals surface area contributed by atoms with Gasteiger partial charge in [0, 0.05) is 13.1 Å². The number of esters is 3. The lowest BCUT2D eigenvalue weighted by atomic mass is 10.0. The van der Waals surface area contributed by atoms with Gasteiger partial charge in [-0.05, 0) is 49.4 Å². The monoisotopic (exact) mass is 871 g/mol. The van der Waals surface area contributed by atoms with Gasteiger partial charge in [0.1, 0.15) is 11.6 Å². The molecule has 3 aromatic carbocycles. The summed E-state index contributed by atoms with van der Waals surface area (Å²) in [6.45, 7) is 9.09. The molecule has 1 atom stereocenters. The van der Waals surface area contributed by atoms with Gasteiger partial charge in [-0.25, -0.2) is 24.4 Å². The number of unbranched alkanes of at least 4 members (excludes halogenated alkanes) is 3. The molecule has 3 aliphatic heterocycles. The van der Waals surface area contributed by atoms with Crippen LogP contribution < -0.4 is 9.47 Å². The Bertz CT molecular complexity index is 2100. The topological polar surface area (TPSA) is 143 Å². The molecule has 0 aliphatic carbocycles. The molecule has 1 fully saturated rings. The first-order valence-electron chi connectivity index (χ1n) is 19.8. The van der Waals surface area contributed by atoms with Gasteiger partial charge in [0.25, 0.3) is 11.8 Å². The molecule has 0 saturated carbocycles. The Hall–Kier alpha value is -4.62. The van der Waals surface area contributed by atoms with E-state index >= 15 is 0 Å². The van der Waals surface area contributed by atoms with E-state index < -0.39 is 29.7 Å². The second kappa shape index (κ2) is 20.6. The maximum atomic E-state index is 14.1. The molecule has 15 heteroatoms. The third-order valence-electron chi connectivity index (χ3n) is 9.78. The van der Waals surface area contributed by atoms with E-state index in [0.717, 1.165) is 85.6 Å². The van der Waals surface area contributed by atoms with E-state index in [1.807, 2.05) is 26.8 Å². The van der Waals surface area contributed by atoms with Crippen molar-refractivity contribution in [2.75, 3.05) is 19.7 Å². The first kappa shape index (κ1) is 43.9. The normalized spacial score (nSPS) is 14.9. The Morgan fingerprint density at radius 3 is 1.56 bits per heavy atom. The van der Waals surface area contributed by atoms with Gasteiger partial charge in [-0.15, -0.1) is 0 Å². The van der Waals surface area contributed by atoms with Gasteiger partial charge in [-0.2, -0.15) is 5.26 Å². The van der Waals surface area contributed by atoms with Gasteiger partial charge >= 0.3 is 17.9 Å². The molecular weight excluding hydrogens is 827 g/mol. The smallest absolute Gasteiger partial charge is 0.350 e. The molecule has 0 radical (unpaired) electrons. The van der Waals surface area contributed by atoms with Crippen LogP contribution in [0.15, 0.2) is 99.9 Å². The van der Waals surface area contributed by atoms with Crippen molar-refractivity contribution in [3.63, 3.8) is 0 Å². The quantitative estimate of drug-likeness (QED) is 0.0418. The summed E-state index contributed by atoms with van der Waals surface area (Å²) in [5.41, 5.74) is 0.296. The second-order valence-electron chi connectivity index (χ2n) is 13.9. The highest BCUT2D eigenvalue weighted by atomic mass is 32.2. The number of carbonyl (C=O) groups excluding carboxylic acids is 5. The molecule has 6 rings (SSSR count). The highest BCUT2D eigenvalue weighted by Gasteiger charge is 2.46. The van der Waals surface area contributed by atoms with Crippen molar-refractivity contribution in [2.24, 2.45) is 5.92 Å². The van der Waals surface area contributed by atoms with Crippen LogP contribution in [0.25, 0.3) is 0 Å². The molecule has 3 aliphatic rings. The van der Waals surface area contributed by atoms with Crippen LogP contribution in [0, 0.1) is 17.2 Å². The van der Waals surface area contributed by atoms with Crippen LogP contribution in [-0.4, -0.2) is 59.4 Å². The number of thioether (sulfide) groups is 4. The average Bonchev–Trinajstić information content (AvgIpc) is 3.95. The van der Waals surface area contributed by atoms with Crippen molar-refractivity contribution >= 4 is 76.8 Å². The van der Waals surface area contributed by atoms with Gasteiger partial charge in [0.15, 0.2) is 17.1 Å². The van der Waals surface area contributed by atoms with Crippen LogP contribution in [0.1, 0.15) is 99.8 Å². The van der Waals surface area contributed by atoms with Crippen molar-refractivity contribution < 1.29 is 38.2 Å². The zero-order chi connectivity index (χ0) is 42.1. The van der Waals surface area contributed by atoms with Crippen LogP contribution in [0.4, 0.5) is 0 Å². The summed E-state index contributed by atoms with van der Waals surface area (Å²) in [5, 5.41) is 13.4. The largest absolute Gasteiger partial charge is 0.461 e. The zero-order valence-electron chi connectivity index (χ0n) is 33.4. The lowest BCUT2D eigenvalue weighted by Crippen LogP contribution is -2.42. The first-order chi connectivity index (χ1) is 28.6. The molecule has 1 saturated heterocycles. The lowest BCUT2D eigenvalue weighted by molar-refractivity contribution is -0.147. The molecule has 0 aromatic heterocycles. The molecular formula is C44H45N3O8S4. The Labute approximate surface area is 361 Å². The Morgan fingerprint density at radius 1 is 0.678 bits per heavy atom. The highest BCUT2D eigenvalue weighted by molar-refractivity contribution is 8.26. The molecule has 59 heavy (non-hydrogen) atoms. The van der Waals surface area contributed by atoms with E-state index in [-0.39, 0.29) is 50.5 Å².